The van der Waals surface area contributed by atoms with E-state index in [1.54, 1.807) is 19.1 Å². The van der Waals surface area contributed by atoms with Crippen LogP contribution < -0.4 is 10.1 Å². The van der Waals surface area contributed by atoms with Crippen molar-refractivity contribution >= 4 is 17.7 Å². The largest absolute Gasteiger partial charge is 0.504 e. The summed E-state index contributed by atoms with van der Waals surface area (Å²) in [7, 11) is 2.66. The fraction of sp³-hybridized carbons (Fsp3) is 0.480. The van der Waals surface area contributed by atoms with Gasteiger partial charge in [0.25, 0.3) is 0 Å². The number of carbonyl (C=O) groups excluding carboxylic acids is 3. The summed E-state index contributed by atoms with van der Waals surface area (Å²) < 4.78 is 20.9. The van der Waals surface area contributed by atoms with E-state index < -0.39 is 29.6 Å². The third kappa shape index (κ3) is 4.79. The third-order valence-electron chi connectivity index (χ3n) is 6.17. The number of ether oxygens (including phenoxy) is 4. The monoisotopic (exact) mass is 473 g/mol. The van der Waals surface area contributed by atoms with Crippen LogP contribution in [0.3, 0.4) is 0 Å². The lowest BCUT2D eigenvalue weighted by Crippen LogP contribution is -2.43. The summed E-state index contributed by atoms with van der Waals surface area (Å²) in [5.74, 6) is -3.59. The van der Waals surface area contributed by atoms with Crippen LogP contribution in [0.4, 0.5) is 0 Å². The zero-order valence-corrected chi connectivity index (χ0v) is 20.1. The minimum absolute atomic E-state index is 0.0523. The van der Waals surface area contributed by atoms with Gasteiger partial charge < -0.3 is 29.4 Å². The summed E-state index contributed by atoms with van der Waals surface area (Å²) in [4.78, 5) is 39.4. The molecule has 1 aliphatic carbocycles. The zero-order valence-electron chi connectivity index (χ0n) is 20.1. The molecule has 1 aromatic rings. The Labute approximate surface area is 198 Å². The maximum Gasteiger partial charge on any atom is 0.336 e. The number of Topliss-reactive ketones (excluding diaryl/α,β-unsaturated/α-hetero) is 1. The van der Waals surface area contributed by atoms with Crippen molar-refractivity contribution in [2.24, 2.45) is 11.8 Å². The second-order valence-corrected chi connectivity index (χ2v) is 8.30. The van der Waals surface area contributed by atoms with Crippen LogP contribution in [0.5, 0.6) is 11.5 Å². The highest BCUT2D eigenvalue weighted by molar-refractivity contribution is 6.12. The lowest BCUT2D eigenvalue weighted by molar-refractivity contribution is -0.151. The molecule has 1 heterocycles. The fourth-order valence-corrected chi connectivity index (χ4v) is 4.57. The number of phenols is 1. The molecule has 0 amide bonds. The van der Waals surface area contributed by atoms with Crippen molar-refractivity contribution in [3.63, 3.8) is 0 Å². The van der Waals surface area contributed by atoms with E-state index in [9.17, 15) is 19.5 Å². The Morgan fingerprint density at radius 2 is 1.94 bits per heavy atom. The second-order valence-electron chi connectivity index (χ2n) is 8.30. The molecular formula is C25H31NO8. The summed E-state index contributed by atoms with van der Waals surface area (Å²) in [6, 6.07) is 4.64. The molecular weight excluding hydrogens is 442 g/mol. The summed E-state index contributed by atoms with van der Waals surface area (Å²) in [6.07, 6.45) is 0.427. The molecule has 0 fully saturated rings. The number of nitrogens with one attached hydrogen (secondary N) is 1. The highest BCUT2D eigenvalue weighted by Crippen LogP contribution is 2.46. The molecule has 3 atom stereocenters. The molecule has 0 saturated carbocycles. The van der Waals surface area contributed by atoms with Gasteiger partial charge in [0, 0.05) is 29.5 Å². The normalized spacial score (nSPS) is 22.1. The van der Waals surface area contributed by atoms with Crippen LogP contribution in [0, 0.1) is 11.8 Å². The topological polar surface area (TPSA) is 120 Å². The standard InChI is InChI=1S/C25H31NO8/c1-6-33-9-10-34-25(30)20-14(3)26-16-11-13(2)19(24(29)32-5)23(28)22(16)21(20)15-7-8-17(27)18(12-15)31-4/h7-8,12-13,19,21,26-27H,6,9-11H2,1-5H3/t13-,19+,21-/m0/s1. The maximum absolute atomic E-state index is 13.7. The molecule has 2 aliphatic rings. The summed E-state index contributed by atoms with van der Waals surface area (Å²) in [5, 5.41) is 13.3. The predicted octanol–water partition coefficient (Wildman–Crippen LogP) is 2.59. The smallest absolute Gasteiger partial charge is 0.336 e. The lowest BCUT2D eigenvalue weighted by atomic mass is 9.69. The van der Waals surface area contributed by atoms with E-state index in [4.69, 9.17) is 18.9 Å². The molecule has 1 aliphatic heterocycles. The molecule has 0 aromatic heterocycles. The number of dihydropyridines is 1. The van der Waals surface area contributed by atoms with Gasteiger partial charge in [0.05, 0.1) is 26.4 Å². The highest BCUT2D eigenvalue weighted by Gasteiger charge is 2.47. The summed E-state index contributed by atoms with van der Waals surface area (Å²) in [5.41, 5.74) is 2.30. The molecule has 1 aromatic carbocycles. The fourth-order valence-electron chi connectivity index (χ4n) is 4.57. The number of phenolic OH excluding ortho intramolecular Hbond substituents is 1. The van der Waals surface area contributed by atoms with Gasteiger partial charge in [0.1, 0.15) is 12.5 Å². The number of esters is 2. The first-order chi connectivity index (χ1) is 16.2. The van der Waals surface area contributed by atoms with E-state index in [2.05, 4.69) is 5.32 Å². The molecule has 0 bridgehead atoms. The van der Waals surface area contributed by atoms with Gasteiger partial charge in [0.2, 0.25) is 0 Å². The Balaban J connectivity index is 2.12. The molecule has 0 unspecified atom stereocenters. The van der Waals surface area contributed by atoms with Crippen molar-refractivity contribution in [1.29, 1.82) is 0 Å². The van der Waals surface area contributed by atoms with Crippen LogP contribution in [0.25, 0.3) is 0 Å². The quantitative estimate of drug-likeness (QED) is 0.333. The Bertz CT molecular complexity index is 1040. The first kappa shape index (κ1) is 25.3. The highest BCUT2D eigenvalue weighted by atomic mass is 16.6. The number of rotatable bonds is 8. The maximum atomic E-state index is 13.7. The van der Waals surface area contributed by atoms with Crippen LogP contribution >= 0.6 is 0 Å². The van der Waals surface area contributed by atoms with E-state index in [-0.39, 0.29) is 36.2 Å². The van der Waals surface area contributed by atoms with Crippen molar-refractivity contribution in [1.82, 2.24) is 5.32 Å². The molecule has 9 nitrogen and oxygen atoms in total. The molecule has 34 heavy (non-hydrogen) atoms. The lowest BCUT2D eigenvalue weighted by Gasteiger charge is -2.38. The van der Waals surface area contributed by atoms with E-state index >= 15 is 0 Å². The SMILES string of the molecule is CCOCCOC(=O)C1=C(C)NC2=C(C(=O)[C@H](C(=O)OC)[C@@H](C)C2)[C@H]1c1ccc(O)c(OC)c1. The molecule has 184 valence electrons. The number of hydrogen-bond acceptors (Lipinski definition) is 9. The Morgan fingerprint density at radius 1 is 1.21 bits per heavy atom. The van der Waals surface area contributed by atoms with Crippen molar-refractivity contribution < 1.29 is 38.4 Å². The van der Waals surface area contributed by atoms with Gasteiger partial charge in [-0.1, -0.05) is 13.0 Å². The van der Waals surface area contributed by atoms with Crippen LogP contribution in [-0.2, 0) is 28.6 Å². The number of aromatic hydroxyl groups is 1. The Morgan fingerprint density at radius 3 is 2.59 bits per heavy atom. The van der Waals surface area contributed by atoms with Gasteiger partial charge in [-0.3, -0.25) is 9.59 Å². The third-order valence-corrected chi connectivity index (χ3v) is 6.17. The minimum Gasteiger partial charge on any atom is -0.504 e. The number of allylic oxidation sites excluding steroid dienone is 3. The molecule has 3 rings (SSSR count). The van der Waals surface area contributed by atoms with Crippen LogP contribution in [0.2, 0.25) is 0 Å². The van der Waals surface area contributed by atoms with Gasteiger partial charge in [-0.05, 0) is 43.9 Å². The number of benzene rings is 1. The van der Waals surface area contributed by atoms with Crippen molar-refractivity contribution in [2.75, 3.05) is 34.0 Å². The van der Waals surface area contributed by atoms with Crippen LogP contribution in [-0.4, -0.2) is 56.9 Å². The first-order valence-corrected chi connectivity index (χ1v) is 11.2. The van der Waals surface area contributed by atoms with Crippen molar-refractivity contribution in [3.8, 4) is 11.5 Å². The van der Waals surface area contributed by atoms with Gasteiger partial charge in [0.15, 0.2) is 17.3 Å². The predicted molar refractivity (Wildman–Crippen MR) is 122 cm³/mol. The number of carbonyl (C=O) groups is 3. The molecule has 2 N–H and O–H groups in total. The number of ketones is 1. The van der Waals surface area contributed by atoms with Crippen LogP contribution in [0.15, 0.2) is 40.7 Å². The van der Waals surface area contributed by atoms with Gasteiger partial charge in [-0.15, -0.1) is 0 Å². The minimum atomic E-state index is -0.985. The molecule has 0 spiro atoms. The van der Waals surface area contributed by atoms with E-state index in [1.165, 1.54) is 20.3 Å². The molecule has 9 heteroatoms. The van der Waals surface area contributed by atoms with Crippen molar-refractivity contribution in [2.45, 2.75) is 33.1 Å². The average Bonchev–Trinajstić information content (AvgIpc) is 2.81. The van der Waals surface area contributed by atoms with Crippen molar-refractivity contribution in [3.05, 3.63) is 46.3 Å². The zero-order chi connectivity index (χ0) is 25.0. The summed E-state index contributed by atoms with van der Waals surface area (Å²) >= 11 is 0. The van der Waals surface area contributed by atoms with Crippen LogP contribution in [0.1, 0.15) is 38.7 Å². The Kier molecular flexibility index (Phi) is 7.98. The summed E-state index contributed by atoms with van der Waals surface area (Å²) in [6.45, 7) is 6.20. The van der Waals surface area contributed by atoms with Gasteiger partial charge in [-0.25, -0.2) is 4.79 Å². The molecule has 0 radical (unpaired) electrons. The second kappa shape index (κ2) is 10.7. The first-order valence-electron chi connectivity index (χ1n) is 11.2. The van der Waals surface area contributed by atoms with E-state index in [1.807, 2.05) is 13.8 Å². The van der Waals surface area contributed by atoms with E-state index in [0.717, 1.165) is 0 Å². The number of hydrogen-bond donors (Lipinski definition) is 2. The van der Waals surface area contributed by atoms with Gasteiger partial charge >= 0.3 is 11.9 Å². The van der Waals surface area contributed by atoms with E-state index in [0.29, 0.717) is 35.6 Å². The molecule has 0 saturated heterocycles. The number of methoxy groups -OCH3 is 2. The van der Waals surface area contributed by atoms with Gasteiger partial charge in [-0.2, -0.15) is 0 Å². The Hall–Kier alpha value is -3.33. The average molecular weight is 474 g/mol.